The Morgan fingerprint density at radius 1 is 0.298 bits per heavy atom. The Labute approximate surface area is 620 Å². The van der Waals surface area contributed by atoms with Gasteiger partial charge in [0, 0.05) is 96.7 Å². The molecular weight excluding hydrogens is 1380 g/mol. The van der Waals surface area contributed by atoms with E-state index < -0.39 is 40.1 Å². The molecule has 0 spiro atoms. The molecule has 19 nitrogen and oxygen atoms in total. The summed E-state index contributed by atoms with van der Waals surface area (Å²) in [4.78, 5) is 22.7. The Morgan fingerprint density at radius 2 is 0.519 bits per heavy atom. The predicted octanol–water partition coefficient (Wildman–Crippen LogP) is 14.1. The lowest BCUT2D eigenvalue weighted by molar-refractivity contribution is 0.309. The fraction of sp³-hybridized carbons (Fsp3) is 0.444. The van der Waals surface area contributed by atoms with Crippen LogP contribution in [0.4, 0.5) is 0 Å². The van der Waals surface area contributed by atoms with E-state index in [-0.39, 0.29) is 45.8 Å². The molecule has 6 N–H and O–H groups in total. The fourth-order valence-corrected chi connectivity index (χ4v) is 22.1. The number of H-pyrrole nitrogens is 2. The highest BCUT2D eigenvalue weighted by Crippen LogP contribution is 2.47. The van der Waals surface area contributed by atoms with Gasteiger partial charge in [-0.2, -0.15) is 0 Å². The second kappa shape index (κ2) is 33.4. The lowest BCUT2D eigenvalue weighted by atomic mass is 9.90. The second-order valence-corrected chi connectivity index (χ2v) is 34.5. The Kier molecular flexibility index (Phi) is 26.1. The van der Waals surface area contributed by atoms with Gasteiger partial charge in [-0.3, -0.25) is 0 Å². The summed E-state index contributed by atoms with van der Waals surface area (Å²) in [5, 5.41) is 0. The van der Waals surface area contributed by atoms with Crippen LogP contribution in [0.25, 0.3) is 90.9 Å². The van der Waals surface area contributed by atoms with Crippen LogP contribution >= 0.6 is 0 Å². The van der Waals surface area contributed by atoms with E-state index in [0.717, 1.165) is 74.6 Å². The molecule has 2 aliphatic rings. The van der Waals surface area contributed by atoms with Crippen molar-refractivity contribution in [2.24, 2.45) is 0 Å². The highest BCUT2D eigenvalue weighted by atomic mass is 32.2. The maximum atomic E-state index is 15.0. The number of nitrogens with one attached hydrogen (secondary N) is 6. The summed E-state index contributed by atoms with van der Waals surface area (Å²) in [7, 11) is -16.5. The van der Waals surface area contributed by atoms with Crippen LogP contribution in [0.15, 0.2) is 74.2 Å². The van der Waals surface area contributed by atoms with Gasteiger partial charge >= 0.3 is 0 Å². The second-order valence-electron chi connectivity index (χ2n) is 27.7. The van der Waals surface area contributed by atoms with Crippen LogP contribution in [0.3, 0.4) is 0 Å². The molecule has 0 amide bonds. The molecule has 3 aromatic heterocycles. The van der Waals surface area contributed by atoms with Crippen LogP contribution < -0.4 is 18.9 Å². The maximum absolute atomic E-state index is 15.0. The Morgan fingerprint density at radius 3 is 0.750 bits per heavy atom. The third-order valence-corrected chi connectivity index (χ3v) is 28.1. The van der Waals surface area contributed by atoms with Crippen molar-refractivity contribution in [1.82, 2.24) is 53.4 Å². The molecule has 8 bridgehead atoms. The van der Waals surface area contributed by atoms with Crippen molar-refractivity contribution < 1.29 is 33.7 Å². The number of sulfonamides is 4. The topological polar surface area (TPSA) is 242 Å². The molecule has 0 fully saturated rings. The van der Waals surface area contributed by atoms with Crippen molar-refractivity contribution in [3.8, 4) is 44.5 Å². The van der Waals surface area contributed by atoms with Crippen molar-refractivity contribution >= 4 is 86.5 Å². The van der Waals surface area contributed by atoms with Gasteiger partial charge in [0.1, 0.15) is 0 Å². The average Bonchev–Trinajstić information content (AvgIpc) is 1.49. The predicted molar refractivity (Wildman–Crippen MR) is 432 cm³/mol. The van der Waals surface area contributed by atoms with Crippen molar-refractivity contribution in [3.63, 3.8) is 0 Å². The maximum Gasteiger partial charge on any atom is 0.241 e. The van der Waals surface area contributed by atoms with Crippen LogP contribution in [0.2, 0.25) is 0 Å². The van der Waals surface area contributed by atoms with Crippen LogP contribution in [-0.2, 0) is 40.1 Å². The Hall–Kier alpha value is -6.97. The molecule has 0 unspecified atom stereocenters. The van der Waals surface area contributed by atoms with Gasteiger partial charge in [0.2, 0.25) is 40.1 Å². The van der Waals surface area contributed by atoms with Gasteiger partial charge in [-0.25, -0.2) is 57.5 Å². The number of hydrogen-bond donors (Lipinski definition) is 6. The van der Waals surface area contributed by atoms with Gasteiger partial charge in [0.25, 0.3) is 0 Å². The molecule has 562 valence electrons. The van der Waals surface area contributed by atoms with E-state index in [1.807, 2.05) is 156 Å². The van der Waals surface area contributed by atoms with E-state index in [0.29, 0.717) is 160 Å². The van der Waals surface area contributed by atoms with E-state index >= 15 is 0 Å². The summed E-state index contributed by atoms with van der Waals surface area (Å²) in [6, 6.07) is 17.6. The number of rotatable bonds is 32. The van der Waals surface area contributed by atoms with E-state index in [2.05, 4.69) is 110 Å². The number of fused-ring (bicyclic) bond motifs is 8. The molecular formula is C81H111N11O8S4. The standard InChI is InChI=1S/C81H111N11O8S4/c1-21-89(22-2)41-37-82-101(93,94)78-54(13)45-50(9)70(58(78)17)74-62-29-30-63(49-62)75(71-51(10)46-55(14)79(59(71)18)102(95,96)83-38-42-90(23-3)24-4)65-32-34-67(87-65)77(73-53(12)48-57(16)81(61(73)20)104(99,100)85-40-44-92(27-7)28-8)69-36-35-68(88-69)76(66-33-31-64(74)86-66)72-52(11)47-56(15)80(60(72)19)103(97,98)84-39-43-91(25-5)26-6/h29-36,45-49,82-87H,21-28,37-44H2,1-20H3. The van der Waals surface area contributed by atoms with Gasteiger partial charge in [-0.1, -0.05) is 91.8 Å². The zero-order valence-electron chi connectivity index (χ0n) is 65.0. The van der Waals surface area contributed by atoms with E-state index in [1.165, 1.54) is 0 Å². The highest BCUT2D eigenvalue weighted by molar-refractivity contribution is 7.90. The molecule has 1 aliphatic carbocycles. The van der Waals surface area contributed by atoms with Crippen molar-refractivity contribution in [1.29, 1.82) is 0 Å². The molecule has 0 radical (unpaired) electrons. The first-order chi connectivity index (χ1) is 49.2. The molecule has 9 rings (SSSR count). The Balaban J connectivity index is 1.50. The number of likely N-dealkylation sites (N-methyl/N-ethyl adjacent to an activating group) is 4. The number of benzene rings is 4. The molecule has 104 heavy (non-hydrogen) atoms. The lowest BCUT2D eigenvalue weighted by Gasteiger charge is -2.21. The Bertz CT molecular complexity index is 4530. The minimum Gasteiger partial charge on any atom is -0.354 e. The van der Waals surface area contributed by atoms with E-state index in [4.69, 9.17) is 4.98 Å². The lowest BCUT2D eigenvalue weighted by Crippen LogP contribution is -2.35. The minimum atomic E-state index is -4.14. The first-order valence-electron chi connectivity index (χ1n) is 36.8. The van der Waals surface area contributed by atoms with E-state index in [9.17, 15) is 33.7 Å². The van der Waals surface area contributed by atoms with Gasteiger partial charge < -0.3 is 29.6 Å². The van der Waals surface area contributed by atoms with E-state index in [1.54, 1.807) is 0 Å². The van der Waals surface area contributed by atoms with Crippen molar-refractivity contribution in [3.05, 3.63) is 144 Å². The third kappa shape index (κ3) is 16.6. The fourth-order valence-electron chi connectivity index (χ4n) is 16.1. The van der Waals surface area contributed by atoms with Crippen LogP contribution in [0.1, 0.15) is 145 Å². The average molecular weight is 1500 g/mol. The van der Waals surface area contributed by atoms with Gasteiger partial charge in [-0.05, 0) is 278 Å². The smallest absolute Gasteiger partial charge is 0.241 e. The zero-order valence-corrected chi connectivity index (χ0v) is 68.2. The molecule has 4 heterocycles. The van der Waals surface area contributed by atoms with Crippen LogP contribution in [0, 0.1) is 83.1 Å². The first kappa shape index (κ1) is 81.1. The summed E-state index contributed by atoms with van der Waals surface area (Å²) < 4.78 is 132. The van der Waals surface area contributed by atoms with Crippen LogP contribution in [0.5, 0.6) is 0 Å². The molecule has 1 aliphatic heterocycles. The number of aromatic nitrogens is 3. The molecule has 0 saturated heterocycles. The van der Waals surface area contributed by atoms with Crippen molar-refractivity contribution in [2.75, 3.05) is 105 Å². The van der Waals surface area contributed by atoms with Gasteiger partial charge in [0.15, 0.2) is 0 Å². The molecule has 23 heteroatoms. The number of aromatic amines is 2. The third-order valence-electron chi connectivity index (χ3n) is 21.1. The SMILES string of the molecule is CCN(CC)CCNS(=O)(=O)c1c(C)cc(C)c(-c2c3cc(c(-c4c(C)cc(C)c(S(=O)(=O)NCCN(CC)CC)c4C)c4ccc([nH]4)c(-c4c(C)cc(C)c(S(=O)(=O)NCCN(CC)CC)c4C)c4nc(c(-c5c(C)cc(C)c(S(=O)(=O)NCCN(CC)CC)c5C)c5ccc2[nH]5)C=C4)C=C3)c1C. The summed E-state index contributed by atoms with van der Waals surface area (Å²) in [5.74, 6) is 0. The first-order valence-corrected chi connectivity index (χ1v) is 42.7. The van der Waals surface area contributed by atoms with Gasteiger partial charge in [-0.15, -0.1) is 0 Å². The number of nitrogens with zero attached hydrogens (tertiary/aromatic N) is 5. The summed E-state index contributed by atoms with van der Waals surface area (Å²) in [6.07, 6.45) is 7.90. The summed E-state index contributed by atoms with van der Waals surface area (Å²) >= 11 is 0. The molecule has 7 aromatic rings. The monoisotopic (exact) mass is 1490 g/mol. The molecule has 4 aromatic carbocycles. The largest absolute Gasteiger partial charge is 0.354 e. The van der Waals surface area contributed by atoms with Crippen molar-refractivity contribution in [2.45, 2.75) is 158 Å². The summed E-state index contributed by atoms with van der Waals surface area (Å²) in [5.41, 5.74) is 17.5. The highest BCUT2D eigenvalue weighted by Gasteiger charge is 2.32. The number of hydrogen-bond acceptors (Lipinski definition) is 13. The quantitative estimate of drug-likeness (QED) is 0.0230. The molecule has 0 atom stereocenters. The minimum absolute atomic E-state index is 0.150. The number of aryl methyl sites for hydroxylation is 8. The van der Waals surface area contributed by atoms with Crippen LogP contribution in [-0.4, -0.2) is 173 Å². The zero-order chi connectivity index (χ0) is 76.2. The summed E-state index contributed by atoms with van der Waals surface area (Å²) in [6.45, 7) is 48.0. The van der Waals surface area contributed by atoms with Gasteiger partial charge in [0.05, 0.1) is 31.0 Å². The normalized spacial score (nSPS) is 13.0. The molecule has 0 saturated carbocycles.